The molecule has 4 aliphatic rings. The first-order chi connectivity index (χ1) is 20.7. The molecule has 4 fully saturated rings. The number of hydrogen-bond acceptors (Lipinski definition) is 6. The predicted octanol–water partition coefficient (Wildman–Crippen LogP) is 6.23. The van der Waals surface area contributed by atoms with Gasteiger partial charge in [0.2, 0.25) is 5.91 Å². The molecule has 44 heavy (non-hydrogen) atoms. The summed E-state index contributed by atoms with van der Waals surface area (Å²) in [5.41, 5.74) is 5.28. The third kappa shape index (κ3) is 6.63. The topological polar surface area (TPSA) is 122 Å². The standard InChI is InChI=1S/C37H66N2O5/c1-23(2)13-12-14-26(34(43)39-20-11-9-8-10-19-38)32-28-21-30(42)33-35(5)17-16-29(41)24(3)27(35)15-18-36(33,6)37(28,7)22-31(32)44-25(4)40/h23-24,26-33,41-42H,8-22,38H2,1-7H3,(H,39,43)/t24-,26-,27?,28?,29-,30+,31-,32-,33?,35-,36-,37-/m0/s1. The first-order valence-corrected chi connectivity index (χ1v) is 18.2. The second-order valence-corrected chi connectivity index (χ2v) is 16.7. The maximum atomic E-state index is 14.1. The summed E-state index contributed by atoms with van der Waals surface area (Å²) < 4.78 is 6.19. The average Bonchev–Trinajstić information content (AvgIpc) is 3.21. The minimum absolute atomic E-state index is 0.0496. The highest BCUT2D eigenvalue weighted by atomic mass is 16.5. The van der Waals surface area contributed by atoms with Crippen LogP contribution >= 0.6 is 0 Å². The Morgan fingerprint density at radius 2 is 1.64 bits per heavy atom. The van der Waals surface area contributed by atoms with Gasteiger partial charge in [-0.2, -0.15) is 0 Å². The van der Waals surface area contributed by atoms with Crippen molar-refractivity contribution in [2.45, 2.75) is 150 Å². The summed E-state index contributed by atoms with van der Waals surface area (Å²) in [4.78, 5) is 26.7. The highest BCUT2D eigenvalue weighted by Crippen LogP contribution is 2.74. The predicted molar refractivity (Wildman–Crippen MR) is 175 cm³/mol. The van der Waals surface area contributed by atoms with Gasteiger partial charge in [-0.15, -0.1) is 0 Å². The van der Waals surface area contributed by atoms with E-state index in [0.29, 0.717) is 31.3 Å². The Hall–Kier alpha value is -1.18. The van der Waals surface area contributed by atoms with Crippen molar-refractivity contribution in [3.8, 4) is 0 Å². The zero-order valence-corrected chi connectivity index (χ0v) is 29.1. The van der Waals surface area contributed by atoms with Crippen LogP contribution < -0.4 is 11.1 Å². The van der Waals surface area contributed by atoms with Crippen LogP contribution in [0.25, 0.3) is 0 Å². The van der Waals surface area contributed by atoms with Crippen LogP contribution in [0.15, 0.2) is 0 Å². The average molecular weight is 619 g/mol. The molecule has 254 valence electrons. The van der Waals surface area contributed by atoms with Gasteiger partial charge < -0.3 is 26.0 Å². The van der Waals surface area contributed by atoms with Gasteiger partial charge in [-0.3, -0.25) is 9.59 Å². The maximum absolute atomic E-state index is 14.1. The van der Waals surface area contributed by atoms with Crippen LogP contribution in [0.4, 0.5) is 0 Å². The van der Waals surface area contributed by atoms with E-state index in [1.54, 1.807) is 0 Å². The van der Waals surface area contributed by atoms with Crippen molar-refractivity contribution in [2.75, 3.05) is 13.1 Å². The number of amides is 1. The quantitative estimate of drug-likeness (QED) is 0.143. The number of ether oxygens (including phenoxy) is 1. The fourth-order valence-electron chi connectivity index (χ4n) is 11.5. The molecule has 0 aromatic rings. The zero-order valence-electron chi connectivity index (χ0n) is 29.1. The molecule has 0 heterocycles. The van der Waals surface area contributed by atoms with Gasteiger partial charge in [0, 0.05) is 25.3 Å². The first-order valence-electron chi connectivity index (χ1n) is 18.2. The maximum Gasteiger partial charge on any atom is 0.302 e. The van der Waals surface area contributed by atoms with Gasteiger partial charge in [-0.05, 0) is 110 Å². The van der Waals surface area contributed by atoms with E-state index in [1.165, 1.54) is 6.92 Å². The zero-order chi connectivity index (χ0) is 32.4. The molecule has 5 N–H and O–H groups in total. The summed E-state index contributed by atoms with van der Waals surface area (Å²) >= 11 is 0. The molecule has 0 radical (unpaired) electrons. The lowest BCUT2D eigenvalue weighted by Crippen LogP contribution is -2.66. The van der Waals surface area contributed by atoms with Crippen molar-refractivity contribution in [1.82, 2.24) is 5.32 Å². The number of nitrogens with one attached hydrogen (secondary N) is 1. The number of unbranched alkanes of at least 4 members (excludes halogenated alkanes) is 3. The number of aliphatic hydroxyl groups is 2. The minimum atomic E-state index is -0.478. The molecule has 0 aliphatic heterocycles. The Morgan fingerprint density at radius 3 is 2.30 bits per heavy atom. The molecule has 0 saturated heterocycles. The molecule has 7 nitrogen and oxygen atoms in total. The number of rotatable bonds is 13. The SMILES string of the molecule is CC(=O)O[C@H]1C[C@@]2(C)C(C[C@@H](O)C3[C@@]4(C)CC[C@H](O)[C@@H](C)C4CC[C@@]32C)[C@@H]1[C@H](CCCC(C)C)C(=O)NCCCCCCN. The first kappa shape index (κ1) is 35.7. The Balaban J connectivity index is 1.66. The fraction of sp³-hybridized carbons (Fsp3) is 0.946. The Bertz CT molecular complexity index is 989. The molecule has 4 saturated carbocycles. The van der Waals surface area contributed by atoms with E-state index < -0.39 is 6.10 Å². The van der Waals surface area contributed by atoms with Crippen LogP contribution in [-0.2, 0) is 14.3 Å². The van der Waals surface area contributed by atoms with Crippen LogP contribution in [0.3, 0.4) is 0 Å². The van der Waals surface area contributed by atoms with E-state index in [0.717, 1.165) is 77.0 Å². The number of esters is 1. The summed E-state index contributed by atoms with van der Waals surface area (Å²) in [5, 5.41) is 26.3. The van der Waals surface area contributed by atoms with Crippen LogP contribution in [0.2, 0.25) is 0 Å². The number of fused-ring (bicyclic) bond motifs is 5. The van der Waals surface area contributed by atoms with Crippen molar-refractivity contribution >= 4 is 11.9 Å². The molecular weight excluding hydrogens is 552 g/mol. The van der Waals surface area contributed by atoms with Gasteiger partial charge in [0.05, 0.1) is 12.2 Å². The monoisotopic (exact) mass is 618 g/mol. The van der Waals surface area contributed by atoms with Gasteiger partial charge in [0.25, 0.3) is 0 Å². The van der Waals surface area contributed by atoms with Gasteiger partial charge in [0.1, 0.15) is 6.10 Å². The molecule has 3 unspecified atom stereocenters. The Morgan fingerprint density at radius 1 is 0.932 bits per heavy atom. The van der Waals surface area contributed by atoms with E-state index in [1.807, 2.05) is 0 Å². The highest BCUT2D eigenvalue weighted by molar-refractivity contribution is 5.79. The minimum Gasteiger partial charge on any atom is -0.462 e. The third-order valence-electron chi connectivity index (χ3n) is 13.8. The molecule has 0 aromatic heterocycles. The van der Waals surface area contributed by atoms with Gasteiger partial charge >= 0.3 is 5.97 Å². The summed E-state index contributed by atoms with van der Waals surface area (Å²) in [6.45, 7) is 16.7. The van der Waals surface area contributed by atoms with Gasteiger partial charge in [-0.25, -0.2) is 0 Å². The van der Waals surface area contributed by atoms with E-state index in [9.17, 15) is 19.8 Å². The van der Waals surface area contributed by atoms with Gasteiger partial charge in [0.15, 0.2) is 0 Å². The van der Waals surface area contributed by atoms with Crippen molar-refractivity contribution in [3.05, 3.63) is 0 Å². The van der Waals surface area contributed by atoms with Crippen molar-refractivity contribution in [3.63, 3.8) is 0 Å². The fourth-order valence-corrected chi connectivity index (χ4v) is 11.5. The molecular formula is C37H66N2O5. The molecule has 0 bridgehead atoms. The van der Waals surface area contributed by atoms with Crippen LogP contribution in [-0.4, -0.2) is 53.5 Å². The van der Waals surface area contributed by atoms with Gasteiger partial charge in [-0.1, -0.05) is 67.2 Å². The van der Waals surface area contributed by atoms with Crippen LogP contribution in [0.1, 0.15) is 132 Å². The Kier molecular flexibility index (Phi) is 11.6. The summed E-state index contributed by atoms with van der Waals surface area (Å²) in [7, 11) is 0. The second kappa shape index (κ2) is 14.3. The molecule has 0 aromatic carbocycles. The lowest BCUT2D eigenvalue weighted by atomic mass is 9.36. The number of aliphatic hydroxyl groups excluding tert-OH is 2. The second-order valence-electron chi connectivity index (χ2n) is 16.7. The summed E-state index contributed by atoms with van der Waals surface area (Å²) in [6, 6.07) is 0. The highest BCUT2D eigenvalue weighted by Gasteiger charge is 2.72. The van der Waals surface area contributed by atoms with Crippen LogP contribution in [0, 0.1) is 57.7 Å². The molecule has 4 rings (SSSR count). The van der Waals surface area contributed by atoms with Crippen molar-refractivity contribution in [2.24, 2.45) is 63.4 Å². The third-order valence-corrected chi connectivity index (χ3v) is 13.8. The van der Waals surface area contributed by atoms with Crippen molar-refractivity contribution < 1.29 is 24.5 Å². The number of carbonyl (C=O) groups excluding carboxylic acids is 2. The lowest BCUT2D eigenvalue weighted by Gasteiger charge is -2.69. The molecule has 0 spiro atoms. The molecule has 4 aliphatic carbocycles. The van der Waals surface area contributed by atoms with Crippen LogP contribution in [0.5, 0.6) is 0 Å². The van der Waals surface area contributed by atoms with E-state index >= 15 is 0 Å². The molecule has 7 heteroatoms. The van der Waals surface area contributed by atoms with Crippen molar-refractivity contribution in [1.29, 1.82) is 0 Å². The number of nitrogens with two attached hydrogens (primary N) is 1. The Labute approximate surface area is 268 Å². The summed E-state index contributed by atoms with van der Waals surface area (Å²) in [5.74, 6) is 0.824. The smallest absolute Gasteiger partial charge is 0.302 e. The molecule has 1 amide bonds. The normalized spacial score (nSPS) is 42.2. The van der Waals surface area contributed by atoms with E-state index in [2.05, 4.69) is 46.9 Å². The van der Waals surface area contributed by atoms with E-state index in [-0.39, 0.29) is 69.9 Å². The lowest BCUT2D eigenvalue weighted by molar-refractivity contribution is -0.239. The number of carbonyl (C=O) groups is 2. The molecule has 12 atom stereocenters. The summed E-state index contributed by atoms with van der Waals surface area (Å²) in [6.07, 6.45) is 10.9. The largest absolute Gasteiger partial charge is 0.462 e. The number of hydrogen-bond donors (Lipinski definition) is 4. The van der Waals surface area contributed by atoms with E-state index in [4.69, 9.17) is 10.5 Å².